The molecule has 1 aromatic heterocycles. The van der Waals surface area contributed by atoms with E-state index in [0.29, 0.717) is 11.0 Å². The van der Waals surface area contributed by atoms with Crippen LogP contribution < -0.4 is 10.6 Å². The predicted molar refractivity (Wildman–Crippen MR) is 59.0 cm³/mol. The number of carboxylic acid groups (broad SMARTS) is 1. The Labute approximate surface area is 95.6 Å². The van der Waals surface area contributed by atoms with E-state index in [-0.39, 0.29) is 11.4 Å². The number of hydrogen-bond acceptors (Lipinski definition) is 5. The number of anilines is 1. The second kappa shape index (κ2) is 3.44. The Hall–Kier alpha value is -2.63. The van der Waals surface area contributed by atoms with Crippen LogP contribution in [0.5, 0.6) is 0 Å². The van der Waals surface area contributed by atoms with Gasteiger partial charge in [-0.25, -0.2) is 4.79 Å². The monoisotopic (exact) mass is 232 g/mol. The molecule has 0 atom stereocenters. The van der Waals surface area contributed by atoms with E-state index in [9.17, 15) is 9.90 Å². The van der Waals surface area contributed by atoms with Crippen molar-refractivity contribution in [1.82, 2.24) is 5.43 Å². The summed E-state index contributed by atoms with van der Waals surface area (Å²) in [4.78, 5) is 16.3. The van der Waals surface area contributed by atoms with Gasteiger partial charge in [-0.3, -0.25) is 5.43 Å². The second-order valence-corrected chi connectivity index (χ2v) is 3.42. The Balaban J connectivity index is 2.22. The van der Waals surface area contributed by atoms with Crippen molar-refractivity contribution in [2.24, 2.45) is 0 Å². The lowest BCUT2D eigenvalue weighted by atomic mass is 10.2. The van der Waals surface area contributed by atoms with Gasteiger partial charge < -0.3 is 14.4 Å². The molecule has 2 N–H and O–H groups in total. The molecule has 1 aliphatic heterocycles. The van der Waals surface area contributed by atoms with Crippen molar-refractivity contribution < 1.29 is 19.2 Å². The maximum Gasteiger partial charge on any atom is 0.342 e. The predicted octanol–water partition coefficient (Wildman–Crippen LogP) is 1.86. The molecule has 6 heteroatoms. The maximum atomic E-state index is 11.3. The van der Waals surface area contributed by atoms with Gasteiger partial charge in [0.05, 0.1) is 6.20 Å². The SMILES string of the molecule is O=C(O)c1c(N2NC=CO2)oc2ccccc12. The van der Waals surface area contributed by atoms with Crippen LogP contribution in [-0.2, 0) is 4.84 Å². The normalized spacial score (nSPS) is 13.8. The van der Waals surface area contributed by atoms with Gasteiger partial charge in [0.1, 0.15) is 17.4 Å². The molecule has 2 heterocycles. The van der Waals surface area contributed by atoms with Crippen LogP contribution in [-0.4, -0.2) is 11.1 Å². The molecular formula is C11H8N2O4. The molecule has 0 bridgehead atoms. The van der Waals surface area contributed by atoms with Crippen LogP contribution in [0.15, 0.2) is 41.1 Å². The molecule has 0 unspecified atom stereocenters. The van der Waals surface area contributed by atoms with E-state index in [1.807, 2.05) is 0 Å². The Morgan fingerprint density at radius 3 is 2.88 bits per heavy atom. The number of carboxylic acids is 1. The lowest BCUT2D eigenvalue weighted by Gasteiger charge is -2.13. The molecule has 0 aliphatic carbocycles. The lowest BCUT2D eigenvalue weighted by Crippen LogP contribution is -2.28. The molecule has 2 aromatic rings. The van der Waals surface area contributed by atoms with Crippen molar-refractivity contribution in [2.75, 3.05) is 5.17 Å². The second-order valence-electron chi connectivity index (χ2n) is 3.42. The van der Waals surface area contributed by atoms with Crippen LogP contribution in [0.1, 0.15) is 10.4 Å². The van der Waals surface area contributed by atoms with Crippen LogP contribution >= 0.6 is 0 Å². The first-order valence-corrected chi connectivity index (χ1v) is 4.90. The minimum Gasteiger partial charge on any atom is -0.477 e. The number of hydrazine groups is 1. The fourth-order valence-electron chi connectivity index (χ4n) is 1.71. The highest BCUT2D eigenvalue weighted by Crippen LogP contribution is 2.32. The number of nitrogens with zero attached hydrogens (tertiary/aromatic N) is 1. The summed E-state index contributed by atoms with van der Waals surface area (Å²) in [6.45, 7) is 0. The molecule has 1 aliphatic rings. The molecule has 0 radical (unpaired) electrons. The van der Waals surface area contributed by atoms with Gasteiger partial charge in [0.25, 0.3) is 5.88 Å². The van der Waals surface area contributed by atoms with Gasteiger partial charge in [0.2, 0.25) is 0 Å². The van der Waals surface area contributed by atoms with Gasteiger partial charge in [-0.2, -0.15) is 0 Å². The van der Waals surface area contributed by atoms with Crippen LogP contribution in [0.4, 0.5) is 5.88 Å². The molecule has 0 spiro atoms. The maximum absolute atomic E-state index is 11.3. The van der Waals surface area contributed by atoms with Crippen molar-refractivity contribution in [3.63, 3.8) is 0 Å². The minimum absolute atomic E-state index is 0.0665. The highest BCUT2D eigenvalue weighted by Gasteiger charge is 2.26. The number of aromatic carboxylic acids is 1. The summed E-state index contributed by atoms with van der Waals surface area (Å²) in [5.41, 5.74) is 3.27. The van der Waals surface area contributed by atoms with E-state index >= 15 is 0 Å². The molecule has 6 nitrogen and oxygen atoms in total. The molecule has 86 valence electrons. The van der Waals surface area contributed by atoms with Crippen LogP contribution in [0.25, 0.3) is 11.0 Å². The molecule has 0 fully saturated rings. The number of nitrogens with one attached hydrogen (secondary N) is 1. The first kappa shape index (κ1) is 9.59. The summed E-state index contributed by atoms with van der Waals surface area (Å²) in [6.07, 6.45) is 2.91. The van der Waals surface area contributed by atoms with Crippen molar-refractivity contribution in [3.8, 4) is 0 Å². The summed E-state index contributed by atoms with van der Waals surface area (Å²) in [5, 5.41) is 10.9. The fourth-order valence-corrected chi connectivity index (χ4v) is 1.71. The van der Waals surface area contributed by atoms with Crippen molar-refractivity contribution in [2.45, 2.75) is 0 Å². The Morgan fingerprint density at radius 1 is 1.35 bits per heavy atom. The van der Waals surface area contributed by atoms with Gasteiger partial charge in [-0.15, -0.1) is 0 Å². The molecular weight excluding hydrogens is 224 g/mol. The van der Waals surface area contributed by atoms with E-state index in [0.717, 1.165) is 5.17 Å². The average molecular weight is 232 g/mol. The summed E-state index contributed by atoms with van der Waals surface area (Å²) < 4.78 is 5.46. The standard InChI is InChI=1S/C11H8N2O4/c14-11(15)9-7-3-1-2-4-8(7)17-10(9)13-12-5-6-16-13/h1-6,12H,(H,14,15). The number of benzene rings is 1. The molecule has 3 rings (SSSR count). The number of para-hydroxylation sites is 1. The van der Waals surface area contributed by atoms with Gasteiger partial charge in [0, 0.05) is 5.39 Å². The molecule has 1 aromatic carbocycles. The van der Waals surface area contributed by atoms with Crippen molar-refractivity contribution in [3.05, 3.63) is 42.3 Å². The molecule has 0 saturated heterocycles. The zero-order chi connectivity index (χ0) is 11.8. The number of fused-ring (bicyclic) bond motifs is 1. The van der Waals surface area contributed by atoms with E-state index in [2.05, 4.69) is 5.43 Å². The highest BCUT2D eigenvalue weighted by atomic mass is 16.7. The van der Waals surface area contributed by atoms with Gasteiger partial charge >= 0.3 is 5.97 Å². The van der Waals surface area contributed by atoms with Crippen LogP contribution in [0, 0.1) is 0 Å². The first-order chi connectivity index (χ1) is 8.27. The lowest BCUT2D eigenvalue weighted by molar-refractivity contribution is 0.0695. The fraction of sp³-hybridized carbons (Fsp3) is 0. The summed E-state index contributed by atoms with van der Waals surface area (Å²) in [5.74, 6) is -0.953. The first-order valence-electron chi connectivity index (χ1n) is 4.90. The summed E-state index contributed by atoms with van der Waals surface area (Å²) in [7, 11) is 0. The number of furan rings is 1. The third-order valence-corrected chi connectivity index (χ3v) is 2.40. The Bertz CT molecular complexity index is 609. The van der Waals surface area contributed by atoms with Crippen LogP contribution in [0.3, 0.4) is 0 Å². The van der Waals surface area contributed by atoms with Gasteiger partial charge in [-0.1, -0.05) is 23.4 Å². The van der Waals surface area contributed by atoms with E-state index < -0.39 is 5.97 Å². The summed E-state index contributed by atoms with van der Waals surface area (Å²) >= 11 is 0. The quantitative estimate of drug-likeness (QED) is 0.823. The van der Waals surface area contributed by atoms with Crippen molar-refractivity contribution >= 4 is 22.8 Å². The minimum atomic E-state index is -1.07. The molecule has 0 amide bonds. The van der Waals surface area contributed by atoms with E-state index in [1.54, 1.807) is 24.3 Å². The number of hydrogen-bond donors (Lipinski definition) is 2. The highest BCUT2D eigenvalue weighted by molar-refractivity contribution is 6.07. The van der Waals surface area contributed by atoms with E-state index in [4.69, 9.17) is 9.25 Å². The topological polar surface area (TPSA) is 74.9 Å². The third kappa shape index (κ3) is 1.38. The molecule has 0 saturated carbocycles. The van der Waals surface area contributed by atoms with Gasteiger partial charge in [0.15, 0.2) is 0 Å². The number of rotatable bonds is 2. The smallest absolute Gasteiger partial charge is 0.342 e. The zero-order valence-electron chi connectivity index (χ0n) is 8.58. The van der Waals surface area contributed by atoms with E-state index in [1.165, 1.54) is 12.5 Å². The van der Waals surface area contributed by atoms with Gasteiger partial charge in [-0.05, 0) is 6.07 Å². The van der Waals surface area contributed by atoms with Crippen LogP contribution in [0.2, 0.25) is 0 Å². The largest absolute Gasteiger partial charge is 0.477 e. The zero-order valence-corrected chi connectivity index (χ0v) is 8.58. The third-order valence-electron chi connectivity index (χ3n) is 2.40. The number of carbonyl (C=O) groups is 1. The average Bonchev–Trinajstić information content (AvgIpc) is 2.95. The Morgan fingerprint density at radius 2 is 2.18 bits per heavy atom. The summed E-state index contributed by atoms with van der Waals surface area (Å²) in [6, 6.07) is 6.92. The van der Waals surface area contributed by atoms with Crippen molar-refractivity contribution in [1.29, 1.82) is 0 Å². The molecule has 17 heavy (non-hydrogen) atoms. The Kier molecular flexibility index (Phi) is 1.94.